The predicted octanol–water partition coefficient (Wildman–Crippen LogP) is 2.42. The second-order valence-corrected chi connectivity index (χ2v) is 5.65. The van der Waals surface area contributed by atoms with Gasteiger partial charge in [0, 0.05) is 20.1 Å². The van der Waals surface area contributed by atoms with Crippen LogP contribution in [-0.4, -0.2) is 28.0 Å². The molecule has 0 aliphatic heterocycles. The van der Waals surface area contributed by atoms with Crippen LogP contribution in [0.1, 0.15) is 28.5 Å². The first-order valence-electron chi connectivity index (χ1n) is 7.74. The van der Waals surface area contributed by atoms with Gasteiger partial charge in [0.25, 0.3) is 0 Å². The average molecular weight is 315 g/mol. The van der Waals surface area contributed by atoms with E-state index in [2.05, 4.69) is 17.0 Å². The Morgan fingerprint density at radius 2 is 2.22 bits per heavy atom. The molecule has 0 bridgehead atoms. The smallest absolute Gasteiger partial charge is 0.216 e. The van der Waals surface area contributed by atoms with Gasteiger partial charge in [0.1, 0.15) is 6.61 Å². The Morgan fingerprint density at radius 1 is 1.43 bits per heavy atom. The summed E-state index contributed by atoms with van der Waals surface area (Å²) in [7, 11) is 1.86. The fourth-order valence-corrected chi connectivity index (χ4v) is 2.53. The Hall–Kier alpha value is -2.11. The second-order valence-electron chi connectivity index (χ2n) is 5.65. The lowest BCUT2D eigenvalue weighted by Gasteiger charge is -2.13. The molecule has 0 saturated carbocycles. The van der Waals surface area contributed by atoms with E-state index >= 15 is 0 Å². The summed E-state index contributed by atoms with van der Waals surface area (Å²) in [6.45, 7) is 9.14. The molecule has 0 spiro atoms. The van der Waals surface area contributed by atoms with Crippen LogP contribution in [0.4, 0.5) is 0 Å². The van der Waals surface area contributed by atoms with Crippen LogP contribution in [0.2, 0.25) is 0 Å². The third-order valence-electron chi connectivity index (χ3n) is 3.69. The SMILES string of the molecule is C=CCOc1c(CNCC(O)c2cccc(C)c2)c(C)nn1C. The number of hydrogen-bond acceptors (Lipinski definition) is 4. The standard InChI is InChI=1S/C18H25N3O2/c1-5-9-23-18-16(14(3)20-21(18)4)11-19-12-17(22)15-8-6-7-13(2)10-15/h5-8,10,17,19,22H,1,9,11-12H2,2-4H3. The molecule has 0 radical (unpaired) electrons. The molecule has 1 unspecified atom stereocenters. The summed E-state index contributed by atoms with van der Waals surface area (Å²) in [6.07, 6.45) is 1.17. The molecule has 2 rings (SSSR count). The maximum atomic E-state index is 10.3. The molecule has 5 heteroatoms. The minimum absolute atomic E-state index is 0.442. The largest absolute Gasteiger partial charge is 0.473 e. The van der Waals surface area contributed by atoms with E-state index in [1.807, 2.05) is 45.2 Å². The maximum Gasteiger partial charge on any atom is 0.216 e. The fourth-order valence-electron chi connectivity index (χ4n) is 2.53. The summed E-state index contributed by atoms with van der Waals surface area (Å²) in [6, 6.07) is 7.92. The van der Waals surface area contributed by atoms with Gasteiger partial charge in [-0.05, 0) is 19.4 Å². The molecule has 1 aromatic heterocycles. The van der Waals surface area contributed by atoms with Crippen LogP contribution >= 0.6 is 0 Å². The Morgan fingerprint density at radius 3 is 2.91 bits per heavy atom. The van der Waals surface area contributed by atoms with Gasteiger partial charge in [-0.15, -0.1) is 0 Å². The van der Waals surface area contributed by atoms with Gasteiger partial charge in [-0.25, -0.2) is 4.68 Å². The molecule has 0 aliphatic carbocycles. The molecule has 23 heavy (non-hydrogen) atoms. The molecule has 124 valence electrons. The molecule has 1 aromatic carbocycles. The van der Waals surface area contributed by atoms with Gasteiger partial charge in [-0.3, -0.25) is 0 Å². The molecule has 1 heterocycles. The molecule has 2 N–H and O–H groups in total. The van der Waals surface area contributed by atoms with Crippen LogP contribution in [-0.2, 0) is 13.6 Å². The number of nitrogens with one attached hydrogen (secondary N) is 1. The Labute approximate surface area is 137 Å². The highest BCUT2D eigenvalue weighted by atomic mass is 16.5. The van der Waals surface area contributed by atoms with Gasteiger partial charge in [0.2, 0.25) is 5.88 Å². The number of rotatable bonds is 8. The molecule has 0 fully saturated rings. The van der Waals surface area contributed by atoms with Crippen molar-refractivity contribution < 1.29 is 9.84 Å². The number of nitrogens with zero attached hydrogens (tertiary/aromatic N) is 2. The van der Waals surface area contributed by atoms with E-state index in [9.17, 15) is 5.11 Å². The molecular formula is C18H25N3O2. The number of aryl methyl sites for hydroxylation is 3. The van der Waals surface area contributed by atoms with E-state index in [1.165, 1.54) is 0 Å². The van der Waals surface area contributed by atoms with Crippen molar-refractivity contribution in [3.05, 3.63) is 59.3 Å². The zero-order chi connectivity index (χ0) is 16.8. The van der Waals surface area contributed by atoms with Gasteiger partial charge in [0.05, 0.1) is 17.4 Å². The quantitative estimate of drug-likeness (QED) is 0.735. The maximum absolute atomic E-state index is 10.3. The first-order valence-corrected chi connectivity index (χ1v) is 7.74. The van der Waals surface area contributed by atoms with E-state index in [1.54, 1.807) is 10.8 Å². The van der Waals surface area contributed by atoms with E-state index < -0.39 is 6.10 Å². The Bertz CT molecular complexity index is 664. The third kappa shape index (κ3) is 4.43. The topological polar surface area (TPSA) is 59.3 Å². The lowest BCUT2D eigenvalue weighted by molar-refractivity contribution is 0.174. The summed E-state index contributed by atoms with van der Waals surface area (Å²) >= 11 is 0. The monoisotopic (exact) mass is 315 g/mol. The van der Waals surface area contributed by atoms with Crippen molar-refractivity contribution in [2.24, 2.45) is 7.05 Å². The lowest BCUT2D eigenvalue weighted by atomic mass is 10.1. The van der Waals surface area contributed by atoms with Crippen LogP contribution in [0.5, 0.6) is 5.88 Å². The highest BCUT2D eigenvalue weighted by Crippen LogP contribution is 2.21. The minimum Gasteiger partial charge on any atom is -0.473 e. The van der Waals surface area contributed by atoms with Crippen LogP contribution in [0.15, 0.2) is 36.9 Å². The van der Waals surface area contributed by atoms with E-state index in [0.717, 1.165) is 28.3 Å². The number of benzene rings is 1. The number of aliphatic hydroxyl groups is 1. The van der Waals surface area contributed by atoms with E-state index in [0.29, 0.717) is 19.7 Å². The van der Waals surface area contributed by atoms with Crippen LogP contribution in [0, 0.1) is 13.8 Å². The zero-order valence-electron chi connectivity index (χ0n) is 14.0. The number of ether oxygens (including phenoxy) is 1. The van der Waals surface area contributed by atoms with Crippen LogP contribution < -0.4 is 10.1 Å². The fraction of sp³-hybridized carbons (Fsp3) is 0.389. The minimum atomic E-state index is -0.538. The molecule has 2 aromatic rings. The lowest BCUT2D eigenvalue weighted by Crippen LogP contribution is -2.21. The highest BCUT2D eigenvalue weighted by Gasteiger charge is 2.15. The van der Waals surface area contributed by atoms with Gasteiger partial charge >= 0.3 is 0 Å². The first-order chi connectivity index (χ1) is 11.0. The summed E-state index contributed by atoms with van der Waals surface area (Å²) in [5, 5.41) is 17.9. The van der Waals surface area contributed by atoms with Gasteiger partial charge in [-0.1, -0.05) is 42.5 Å². The summed E-state index contributed by atoms with van der Waals surface area (Å²) in [5.41, 5.74) is 3.99. The van der Waals surface area contributed by atoms with Crippen molar-refractivity contribution in [3.63, 3.8) is 0 Å². The van der Waals surface area contributed by atoms with Crippen molar-refractivity contribution in [3.8, 4) is 5.88 Å². The molecule has 0 aliphatic rings. The van der Waals surface area contributed by atoms with Gasteiger partial charge < -0.3 is 15.2 Å². The average Bonchev–Trinajstić information content (AvgIpc) is 2.79. The third-order valence-corrected chi connectivity index (χ3v) is 3.69. The van der Waals surface area contributed by atoms with E-state index in [-0.39, 0.29) is 0 Å². The Balaban J connectivity index is 1.97. The number of aliphatic hydroxyl groups excluding tert-OH is 1. The van der Waals surface area contributed by atoms with Gasteiger partial charge in [-0.2, -0.15) is 5.10 Å². The van der Waals surface area contributed by atoms with Gasteiger partial charge in [0.15, 0.2) is 0 Å². The van der Waals surface area contributed by atoms with Crippen molar-refractivity contribution in [1.29, 1.82) is 0 Å². The first kappa shape index (κ1) is 17.2. The van der Waals surface area contributed by atoms with Crippen molar-refractivity contribution in [1.82, 2.24) is 15.1 Å². The second kappa shape index (κ2) is 7.94. The summed E-state index contributed by atoms with van der Waals surface area (Å²) in [5.74, 6) is 0.736. The normalized spacial score (nSPS) is 12.2. The Kier molecular flexibility index (Phi) is 5.96. The molecule has 0 saturated heterocycles. The van der Waals surface area contributed by atoms with E-state index in [4.69, 9.17) is 4.74 Å². The van der Waals surface area contributed by atoms with Crippen molar-refractivity contribution >= 4 is 0 Å². The predicted molar refractivity (Wildman–Crippen MR) is 91.5 cm³/mol. The number of aromatic nitrogens is 2. The molecule has 0 amide bonds. The number of hydrogen-bond donors (Lipinski definition) is 2. The van der Waals surface area contributed by atoms with Crippen molar-refractivity contribution in [2.45, 2.75) is 26.5 Å². The van der Waals surface area contributed by atoms with Crippen LogP contribution in [0.25, 0.3) is 0 Å². The highest BCUT2D eigenvalue weighted by molar-refractivity contribution is 5.31. The zero-order valence-corrected chi connectivity index (χ0v) is 14.0. The summed E-state index contributed by atoms with van der Waals surface area (Å²) in [4.78, 5) is 0. The van der Waals surface area contributed by atoms with Crippen molar-refractivity contribution in [2.75, 3.05) is 13.2 Å². The molecular weight excluding hydrogens is 290 g/mol. The molecule has 5 nitrogen and oxygen atoms in total. The van der Waals surface area contributed by atoms with Crippen LogP contribution in [0.3, 0.4) is 0 Å². The summed E-state index contributed by atoms with van der Waals surface area (Å²) < 4.78 is 7.40. The molecule has 1 atom stereocenters.